The third-order valence-corrected chi connectivity index (χ3v) is 6.14. The van der Waals surface area contributed by atoms with E-state index in [-0.39, 0.29) is 31.3 Å². The second kappa shape index (κ2) is 28.8. The number of unbranched alkanes of at least 4 members (excludes halogenated alkanes) is 8. The van der Waals surface area contributed by atoms with E-state index in [2.05, 4.69) is 50.3 Å². The minimum absolute atomic E-state index is 0.144. The Labute approximate surface area is 238 Å². The lowest BCUT2D eigenvalue weighted by molar-refractivity contribution is -0.152. The second-order valence-corrected chi connectivity index (χ2v) is 10.0. The Bertz CT molecular complexity index is 694. The highest BCUT2D eigenvalue weighted by Crippen LogP contribution is 2.09. The van der Waals surface area contributed by atoms with Gasteiger partial charge in [0.2, 0.25) is 0 Å². The van der Waals surface area contributed by atoms with Crippen molar-refractivity contribution in [3.05, 3.63) is 48.6 Å². The number of hydrogen-bond acceptors (Lipinski definition) is 6. The van der Waals surface area contributed by atoms with Crippen LogP contribution >= 0.6 is 0 Å². The van der Waals surface area contributed by atoms with Gasteiger partial charge in [0.05, 0.1) is 6.10 Å². The van der Waals surface area contributed by atoms with E-state index < -0.39 is 6.10 Å². The molecule has 0 saturated heterocycles. The van der Waals surface area contributed by atoms with Crippen molar-refractivity contribution in [2.75, 3.05) is 13.2 Å². The summed E-state index contributed by atoms with van der Waals surface area (Å²) in [5, 5.41) is 19.6. The minimum Gasteiger partial charge on any atom is -0.463 e. The molecule has 0 saturated carbocycles. The fourth-order valence-corrected chi connectivity index (χ4v) is 3.74. The van der Waals surface area contributed by atoms with Crippen LogP contribution in [0.3, 0.4) is 0 Å². The molecule has 0 fully saturated rings. The lowest BCUT2D eigenvalue weighted by atomic mass is 10.1. The highest BCUT2D eigenvalue weighted by atomic mass is 16.6. The van der Waals surface area contributed by atoms with Gasteiger partial charge in [-0.2, -0.15) is 0 Å². The lowest BCUT2D eigenvalue weighted by Crippen LogP contribution is -2.25. The van der Waals surface area contributed by atoms with Crippen molar-refractivity contribution in [2.24, 2.45) is 0 Å². The summed E-state index contributed by atoms with van der Waals surface area (Å²) in [6.07, 6.45) is 30.8. The molecule has 2 atom stereocenters. The lowest BCUT2D eigenvalue weighted by Gasteiger charge is -2.12. The first-order chi connectivity index (χ1) is 19.0. The molecule has 224 valence electrons. The Balaban J connectivity index is 3.65. The van der Waals surface area contributed by atoms with Crippen LogP contribution in [0.2, 0.25) is 0 Å². The van der Waals surface area contributed by atoms with Gasteiger partial charge in [0.1, 0.15) is 19.3 Å². The highest BCUT2D eigenvalue weighted by molar-refractivity contribution is 5.69. The first kappa shape index (κ1) is 36.8. The molecule has 0 aromatic rings. The number of aliphatic hydroxyl groups is 2. The topological polar surface area (TPSA) is 93.1 Å². The van der Waals surface area contributed by atoms with Crippen LogP contribution in [0.15, 0.2) is 48.6 Å². The van der Waals surface area contributed by atoms with Crippen LogP contribution < -0.4 is 0 Å². The molecular weight excluding hydrogens is 492 g/mol. The number of allylic oxidation sites excluding steroid dienone is 7. The number of carbonyl (C=O) groups excluding carboxylic acids is 2. The minimum atomic E-state index is -0.992. The maximum atomic E-state index is 11.8. The second-order valence-electron chi connectivity index (χ2n) is 10.0. The van der Waals surface area contributed by atoms with Gasteiger partial charge in [-0.3, -0.25) is 9.59 Å². The maximum Gasteiger partial charge on any atom is 0.305 e. The zero-order valence-electron chi connectivity index (χ0n) is 24.7. The van der Waals surface area contributed by atoms with Gasteiger partial charge in [-0.1, -0.05) is 114 Å². The van der Waals surface area contributed by atoms with Crippen molar-refractivity contribution in [1.82, 2.24) is 0 Å². The molecule has 0 rings (SSSR count). The molecule has 0 amide bonds. The first-order valence-electron chi connectivity index (χ1n) is 15.3. The largest absolute Gasteiger partial charge is 0.463 e. The summed E-state index contributed by atoms with van der Waals surface area (Å²) in [4.78, 5) is 23.6. The van der Waals surface area contributed by atoms with Gasteiger partial charge >= 0.3 is 11.9 Å². The van der Waals surface area contributed by atoms with Gasteiger partial charge in [0.15, 0.2) is 0 Å². The number of aliphatic hydroxyl groups excluding tert-OH is 2. The summed E-state index contributed by atoms with van der Waals surface area (Å²) >= 11 is 0. The predicted molar refractivity (Wildman–Crippen MR) is 160 cm³/mol. The molecule has 0 aromatic heterocycles. The average Bonchev–Trinajstić information content (AvgIpc) is 2.93. The molecule has 0 aliphatic carbocycles. The normalized spacial score (nSPS) is 13.6. The molecule has 0 radical (unpaired) electrons. The van der Waals surface area contributed by atoms with Crippen LogP contribution in [0.25, 0.3) is 0 Å². The van der Waals surface area contributed by atoms with Crippen molar-refractivity contribution < 1.29 is 29.3 Å². The number of hydrogen-bond donors (Lipinski definition) is 2. The standard InChI is InChI=1S/C33H56O6/c1-3-5-7-8-15-19-22-26-32(36)38-28-31(35)29-39-33(37)27-23-20-17-14-12-10-9-11-13-16-18-21-25-30(34)24-6-4-2/h9-10,13-14,16-17,21,25,30-31,34-35H,3-8,11-12,15,18-20,22-24,26-29H2,1-2H3/b10-9-,16-13-,17-14-,25-21-/t30-,31-/m0/s1. The van der Waals surface area contributed by atoms with Crippen molar-refractivity contribution in [3.63, 3.8) is 0 Å². The molecule has 0 unspecified atom stereocenters. The molecule has 0 aromatic carbocycles. The maximum absolute atomic E-state index is 11.8. The zero-order chi connectivity index (χ0) is 28.8. The van der Waals surface area contributed by atoms with Gasteiger partial charge in [0, 0.05) is 12.8 Å². The van der Waals surface area contributed by atoms with E-state index in [9.17, 15) is 19.8 Å². The van der Waals surface area contributed by atoms with E-state index in [1.807, 2.05) is 12.2 Å². The molecular formula is C33H56O6. The van der Waals surface area contributed by atoms with Crippen LogP contribution in [0.5, 0.6) is 0 Å². The molecule has 0 aliphatic heterocycles. The Kier molecular flexibility index (Phi) is 27.2. The summed E-state index contributed by atoms with van der Waals surface area (Å²) in [5.41, 5.74) is 0. The molecule has 6 heteroatoms. The van der Waals surface area contributed by atoms with E-state index in [4.69, 9.17) is 9.47 Å². The summed E-state index contributed by atoms with van der Waals surface area (Å²) < 4.78 is 10.1. The van der Waals surface area contributed by atoms with Crippen molar-refractivity contribution in [2.45, 2.75) is 135 Å². The Morgan fingerprint density at radius 2 is 1.10 bits per heavy atom. The molecule has 6 nitrogen and oxygen atoms in total. The quantitative estimate of drug-likeness (QED) is 0.0654. The van der Waals surface area contributed by atoms with Gasteiger partial charge in [-0.05, 0) is 44.9 Å². The van der Waals surface area contributed by atoms with Crippen molar-refractivity contribution >= 4 is 11.9 Å². The molecule has 39 heavy (non-hydrogen) atoms. The van der Waals surface area contributed by atoms with Gasteiger partial charge in [-0.15, -0.1) is 0 Å². The van der Waals surface area contributed by atoms with Crippen LogP contribution in [0.1, 0.15) is 123 Å². The summed E-state index contributed by atoms with van der Waals surface area (Å²) in [6.45, 7) is 4.02. The van der Waals surface area contributed by atoms with Gasteiger partial charge in [0.25, 0.3) is 0 Å². The Hall–Kier alpha value is -2.18. The first-order valence-corrected chi connectivity index (χ1v) is 15.3. The predicted octanol–water partition coefficient (Wildman–Crippen LogP) is 7.69. The van der Waals surface area contributed by atoms with Crippen molar-refractivity contribution in [3.8, 4) is 0 Å². The van der Waals surface area contributed by atoms with Crippen molar-refractivity contribution in [1.29, 1.82) is 0 Å². The molecule has 0 bridgehead atoms. The number of ether oxygens (including phenoxy) is 2. The van der Waals surface area contributed by atoms with E-state index >= 15 is 0 Å². The molecule has 2 N–H and O–H groups in total. The summed E-state index contributed by atoms with van der Waals surface area (Å²) in [7, 11) is 0. The third-order valence-electron chi connectivity index (χ3n) is 6.14. The van der Waals surface area contributed by atoms with Crippen LogP contribution in [-0.2, 0) is 19.1 Å². The van der Waals surface area contributed by atoms with E-state index in [0.717, 1.165) is 64.2 Å². The third kappa shape index (κ3) is 28.6. The van der Waals surface area contributed by atoms with Crippen LogP contribution in [0, 0.1) is 0 Å². The number of rotatable bonds is 26. The van der Waals surface area contributed by atoms with E-state index in [1.54, 1.807) is 0 Å². The Morgan fingerprint density at radius 3 is 1.69 bits per heavy atom. The molecule has 0 aliphatic rings. The van der Waals surface area contributed by atoms with Crippen LogP contribution in [0.4, 0.5) is 0 Å². The summed E-state index contributed by atoms with van der Waals surface area (Å²) in [6, 6.07) is 0. The Morgan fingerprint density at radius 1 is 0.615 bits per heavy atom. The molecule has 0 heterocycles. The van der Waals surface area contributed by atoms with Crippen LogP contribution in [-0.4, -0.2) is 47.6 Å². The molecule has 0 spiro atoms. The van der Waals surface area contributed by atoms with E-state index in [1.165, 1.54) is 25.7 Å². The monoisotopic (exact) mass is 548 g/mol. The fourth-order valence-electron chi connectivity index (χ4n) is 3.74. The smallest absolute Gasteiger partial charge is 0.305 e. The summed E-state index contributed by atoms with van der Waals surface area (Å²) in [5.74, 6) is -0.664. The SMILES string of the molecule is CCCCCCCCCC(=O)OC[C@H](O)COC(=O)CCC/C=C\C/C=C\C/C=C\C/C=C\[C@@H](O)CCCC. The van der Waals surface area contributed by atoms with Gasteiger partial charge < -0.3 is 19.7 Å². The van der Waals surface area contributed by atoms with E-state index in [0.29, 0.717) is 19.3 Å². The zero-order valence-corrected chi connectivity index (χ0v) is 24.7. The average molecular weight is 549 g/mol. The number of carbonyl (C=O) groups is 2. The highest BCUT2D eigenvalue weighted by Gasteiger charge is 2.11. The fraction of sp³-hybridized carbons (Fsp3) is 0.697. The number of esters is 2. The van der Waals surface area contributed by atoms with Gasteiger partial charge in [-0.25, -0.2) is 0 Å².